The lowest BCUT2D eigenvalue weighted by Gasteiger charge is -2.11. The number of carboxylic acids is 2. The van der Waals surface area contributed by atoms with Crippen LogP contribution in [0.25, 0.3) is 0 Å². The molecule has 0 aliphatic carbocycles. The number of benzene rings is 1. The van der Waals surface area contributed by atoms with Crippen LogP contribution in [0.2, 0.25) is 0 Å². The van der Waals surface area contributed by atoms with E-state index in [1.54, 1.807) is 0 Å². The van der Waals surface area contributed by atoms with Crippen LogP contribution in [-0.2, 0) is 6.42 Å². The highest BCUT2D eigenvalue weighted by molar-refractivity contribution is 6.02. The van der Waals surface area contributed by atoms with Crippen LogP contribution in [0.3, 0.4) is 0 Å². The number of hydrogen-bond donors (Lipinski definition) is 2. The maximum Gasteiger partial charge on any atom is 0.393 e. The summed E-state index contributed by atoms with van der Waals surface area (Å²) in [6.07, 6.45) is -6.07. The lowest BCUT2D eigenvalue weighted by Crippen LogP contribution is -2.17. The Morgan fingerprint density at radius 1 is 1.12 bits per heavy atom. The average Bonchev–Trinajstić information content (AvgIpc) is 2.14. The molecule has 0 radical (unpaired) electrons. The zero-order chi connectivity index (χ0) is 13.2. The van der Waals surface area contributed by atoms with E-state index in [0.29, 0.717) is 0 Å². The molecule has 0 aromatic heterocycles. The fraction of sp³-hybridized carbons (Fsp3) is 0.200. The highest BCUT2D eigenvalue weighted by atomic mass is 19.4. The quantitative estimate of drug-likeness (QED) is 0.859. The Balaban J connectivity index is 3.35. The molecule has 0 saturated heterocycles. The predicted octanol–water partition coefficient (Wildman–Crippen LogP) is 2.19. The first kappa shape index (κ1) is 13.0. The van der Waals surface area contributed by atoms with Gasteiger partial charge in [0.15, 0.2) is 0 Å². The Morgan fingerprint density at radius 3 is 2.12 bits per heavy atom. The third-order valence-corrected chi connectivity index (χ3v) is 1.99. The van der Waals surface area contributed by atoms with Crippen LogP contribution in [0.5, 0.6) is 0 Å². The summed E-state index contributed by atoms with van der Waals surface area (Å²) < 4.78 is 36.5. The van der Waals surface area contributed by atoms with Crippen LogP contribution >= 0.6 is 0 Å². The standard InChI is InChI=1S/C10H7F3O4/c11-10(12,13)4-5-2-1-3-6(8(14)15)7(5)9(16)17/h1-3H,4H2,(H,14,15)(H,16,17). The smallest absolute Gasteiger partial charge is 0.393 e. The summed E-state index contributed by atoms with van der Waals surface area (Å²) in [5.41, 5.74) is -2.04. The first-order valence-electron chi connectivity index (χ1n) is 4.37. The van der Waals surface area contributed by atoms with Crippen LogP contribution in [0.1, 0.15) is 26.3 Å². The molecule has 0 spiro atoms. The molecule has 1 aromatic carbocycles. The number of halogens is 3. The molecule has 17 heavy (non-hydrogen) atoms. The molecule has 0 bridgehead atoms. The molecule has 1 rings (SSSR count). The fourth-order valence-corrected chi connectivity index (χ4v) is 1.39. The van der Waals surface area contributed by atoms with Gasteiger partial charge >= 0.3 is 18.1 Å². The maximum absolute atomic E-state index is 12.2. The molecule has 4 nitrogen and oxygen atoms in total. The molecule has 2 N–H and O–H groups in total. The molecule has 7 heteroatoms. The van der Waals surface area contributed by atoms with Crippen LogP contribution in [0.15, 0.2) is 18.2 Å². The summed E-state index contributed by atoms with van der Waals surface area (Å²) in [6.45, 7) is 0. The number of hydrogen-bond acceptors (Lipinski definition) is 2. The summed E-state index contributed by atoms with van der Waals surface area (Å²) in [6, 6.07) is 2.98. The minimum absolute atomic E-state index is 0.565. The number of rotatable bonds is 3. The van der Waals surface area contributed by atoms with Crippen molar-refractivity contribution < 1.29 is 33.0 Å². The van der Waals surface area contributed by atoms with Crippen LogP contribution in [0, 0.1) is 0 Å². The number of carboxylic acid groups (broad SMARTS) is 2. The second-order valence-electron chi connectivity index (χ2n) is 3.24. The average molecular weight is 248 g/mol. The van der Waals surface area contributed by atoms with Crippen molar-refractivity contribution in [1.29, 1.82) is 0 Å². The van der Waals surface area contributed by atoms with Gasteiger partial charge in [-0.3, -0.25) is 0 Å². The first-order chi connectivity index (χ1) is 7.72. The van der Waals surface area contributed by atoms with Crippen molar-refractivity contribution in [3.63, 3.8) is 0 Å². The van der Waals surface area contributed by atoms with E-state index in [-0.39, 0.29) is 0 Å². The summed E-state index contributed by atoms with van der Waals surface area (Å²) in [7, 11) is 0. The first-order valence-corrected chi connectivity index (χ1v) is 4.37. The molecule has 0 saturated carbocycles. The van der Waals surface area contributed by atoms with Crippen LogP contribution in [-0.4, -0.2) is 28.3 Å². The molecule has 0 aliphatic rings. The number of aromatic carboxylic acids is 2. The van der Waals surface area contributed by atoms with E-state index in [9.17, 15) is 22.8 Å². The fourth-order valence-electron chi connectivity index (χ4n) is 1.39. The normalized spacial score (nSPS) is 11.2. The van der Waals surface area contributed by atoms with Gasteiger partial charge < -0.3 is 10.2 Å². The van der Waals surface area contributed by atoms with Gasteiger partial charge in [0.05, 0.1) is 17.5 Å². The predicted molar refractivity (Wildman–Crippen MR) is 50.1 cm³/mol. The molecule has 0 aliphatic heterocycles. The molecule has 92 valence electrons. The van der Waals surface area contributed by atoms with Gasteiger partial charge in [0, 0.05) is 0 Å². The van der Waals surface area contributed by atoms with E-state index in [2.05, 4.69) is 0 Å². The van der Waals surface area contributed by atoms with E-state index >= 15 is 0 Å². The van der Waals surface area contributed by atoms with E-state index in [4.69, 9.17) is 10.2 Å². The van der Waals surface area contributed by atoms with E-state index in [0.717, 1.165) is 18.2 Å². The highest BCUT2D eigenvalue weighted by Gasteiger charge is 2.31. The monoisotopic (exact) mass is 248 g/mol. The van der Waals surface area contributed by atoms with Gasteiger partial charge in [0.25, 0.3) is 0 Å². The molecule has 0 heterocycles. The van der Waals surface area contributed by atoms with Gasteiger partial charge in [0.2, 0.25) is 0 Å². The summed E-state index contributed by atoms with van der Waals surface area (Å²) >= 11 is 0. The van der Waals surface area contributed by atoms with Crippen LogP contribution < -0.4 is 0 Å². The van der Waals surface area contributed by atoms with Crippen molar-refractivity contribution in [2.45, 2.75) is 12.6 Å². The van der Waals surface area contributed by atoms with Gasteiger partial charge in [-0.1, -0.05) is 12.1 Å². The Morgan fingerprint density at radius 2 is 1.71 bits per heavy atom. The van der Waals surface area contributed by atoms with E-state index in [1.165, 1.54) is 0 Å². The Bertz CT molecular complexity index is 465. The molecule has 1 aromatic rings. The molecule has 0 fully saturated rings. The summed E-state index contributed by atoms with van der Waals surface area (Å²) in [5.74, 6) is -3.27. The SMILES string of the molecule is O=C(O)c1cccc(CC(F)(F)F)c1C(=O)O. The maximum atomic E-state index is 12.2. The van der Waals surface area contributed by atoms with Gasteiger partial charge in [-0.25, -0.2) is 9.59 Å². The third kappa shape index (κ3) is 3.20. The Hall–Kier alpha value is -2.05. The highest BCUT2D eigenvalue weighted by Crippen LogP contribution is 2.25. The van der Waals surface area contributed by atoms with E-state index in [1.807, 2.05) is 0 Å². The Labute approximate surface area is 93.3 Å². The van der Waals surface area contributed by atoms with Crippen molar-refractivity contribution >= 4 is 11.9 Å². The van der Waals surface area contributed by atoms with E-state index < -0.39 is 41.2 Å². The minimum atomic E-state index is -4.60. The summed E-state index contributed by atoms with van der Waals surface area (Å²) in [5, 5.41) is 17.5. The van der Waals surface area contributed by atoms with Crippen molar-refractivity contribution in [3.05, 3.63) is 34.9 Å². The third-order valence-electron chi connectivity index (χ3n) is 1.99. The molecule has 0 amide bonds. The van der Waals surface area contributed by atoms with Gasteiger partial charge in [-0.2, -0.15) is 13.2 Å². The van der Waals surface area contributed by atoms with Gasteiger partial charge in [0.1, 0.15) is 0 Å². The molecular weight excluding hydrogens is 241 g/mol. The lowest BCUT2D eigenvalue weighted by atomic mass is 9.98. The van der Waals surface area contributed by atoms with Gasteiger partial charge in [-0.05, 0) is 11.6 Å². The Kier molecular flexibility index (Phi) is 3.40. The van der Waals surface area contributed by atoms with Crippen molar-refractivity contribution in [2.24, 2.45) is 0 Å². The largest absolute Gasteiger partial charge is 0.478 e. The topological polar surface area (TPSA) is 74.6 Å². The van der Waals surface area contributed by atoms with Crippen molar-refractivity contribution in [3.8, 4) is 0 Å². The lowest BCUT2D eigenvalue weighted by molar-refractivity contribution is -0.127. The van der Waals surface area contributed by atoms with Gasteiger partial charge in [-0.15, -0.1) is 0 Å². The molecule has 0 unspecified atom stereocenters. The van der Waals surface area contributed by atoms with Crippen LogP contribution in [0.4, 0.5) is 13.2 Å². The number of alkyl halides is 3. The minimum Gasteiger partial charge on any atom is -0.478 e. The molecule has 0 atom stereocenters. The second kappa shape index (κ2) is 4.44. The molecular formula is C10H7F3O4. The second-order valence-corrected chi connectivity index (χ2v) is 3.24. The van der Waals surface area contributed by atoms with Crippen molar-refractivity contribution in [2.75, 3.05) is 0 Å². The number of carbonyl (C=O) groups is 2. The zero-order valence-corrected chi connectivity index (χ0v) is 8.28. The summed E-state index contributed by atoms with van der Waals surface area (Å²) in [4.78, 5) is 21.5. The zero-order valence-electron chi connectivity index (χ0n) is 8.28. The van der Waals surface area contributed by atoms with Crippen molar-refractivity contribution in [1.82, 2.24) is 0 Å².